The minimum atomic E-state index is -0.293. The van der Waals surface area contributed by atoms with E-state index in [1.54, 1.807) is 12.1 Å². The number of allylic oxidation sites excluding steroid dienone is 1. The molecule has 0 radical (unpaired) electrons. The Kier molecular flexibility index (Phi) is 2.10. The normalized spacial score (nSPS) is 35.5. The number of urea groups is 1. The van der Waals surface area contributed by atoms with Crippen LogP contribution in [-0.4, -0.2) is 18.0 Å². The Bertz CT molecular complexity index is 581. The van der Waals surface area contributed by atoms with Gasteiger partial charge in [-0.3, -0.25) is 4.79 Å². The Morgan fingerprint density at radius 3 is 2.58 bits per heavy atom. The molecule has 4 rings (SSSR count). The molecular weight excluding hydrogens is 240 g/mol. The summed E-state index contributed by atoms with van der Waals surface area (Å²) in [6.07, 6.45) is 5.26. The Hall–Kier alpha value is -2.10. The second-order valence-electron chi connectivity index (χ2n) is 5.46. The fourth-order valence-corrected chi connectivity index (χ4v) is 3.63. The molecule has 1 aromatic carbocycles. The number of nitrogens with zero attached hydrogens (tertiary/aromatic N) is 1. The quantitative estimate of drug-likeness (QED) is 0.778. The van der Waals surface area contributed by atoms with Crippen molar-refractivity contribution < 1.29 is 9.59 Å². The first-order valence-electron chi connectivity index (χ1n) is 6.63. The van der Waals surface area contributed by atoms with Crippen LogP contribution in [0.15, 0.2) is 42.5 Å². The summed E-state index contributed by atoms with van der Waals surface area (Å²) in [7, 11) is 0. The van der Waals surface area contributed by atoms with E-state index in [9.17, 15) is 9.59 Å². The van der Waals surface area contributed by atoms with E-state index < -0.39 is 0 Å². The zero-order chi connectivity index (χ0) is 13.0. The molecule has 1 saturated heterocycles. The molecule has 1 aliphatic heterocycles. The average molecular weight is 254 g/mol. The van der Waals surface area contributed by atoms with E-state index in [4.69, 9.17) is 0 Å². The van der Waals surface area contributed by atoms with Crippen LogP contribution < -0.4 is 10.2 Å². The fourth-order valence-electron chi connectivity index (χ4n) is 3.63. The molecule has 4 heteroatoms. The summed E-state index contributed by atoms with van der Waals surface area (Å²) < 4.78 is 0. The van der Waals surface area contributed by atoms with Crippen LogP contribution in [0.4, 0.5) is 10.5 Å². The number of hydrogen-bond acceptors (Lipinski definition) is 2. The van der Waals surface area contributed by atoms with Gasteiger partial charge in [0, 0.05) is 6.04 Å². The molecule has 2 fully saturated rings. The third-order valence-corrected chi connectivity index (χ3v) is 4.47. The highest BCUT2D eigenvalue weighted by Gasteiger charge is 2.54. The molecule has 19 heavy (non-hydrogen) atoms. The van der Waals surface area contributed by atoms with Crippen molar-refractivity contribution in [3.63, 3.8) is 0 Å². The molecule has 3 amide bonds. The summed E-state index contributed by atoms with van der Waals surface area (Å²) in [4.78, 5) is 26.1. The summed E-state index contributed by atoms with van der Waals surface area (Å²) in [5, 5.41) is 3.00. The highest BCUT2D eigenvalue weighted by Crippen LogP contribution is 2.46. The van der Waals surface area contributed by atoms with Gasteiger partial charge in [0.2, 0.25) is 5.91 Å². The predicted octanol–water partition coefficient (Wildman–Crippen LogP) is 1.93. The van der Waals surface area contributed by atoms with Gasteiger partial charge in [-0.25, -0.2) is 9.69 Å². The van der Waals surface area contributed by atoms with Crippen molar-refractivity contribution in [1.82, 2.24) is 5.32 Å². The van der Waals surface area contributed by atoms with Crippen LogP contribution in [0.1, 0.15) is 6.42 Å². The van der Waals surface area contributed by atoms with Crippen LogP contribution in [0.5, 0.6) is 0 Å². The molecule has 0 unspecified atom stereocenters. The Labute approximate surface area is 111 Å². The third kappa shape index (κ3) is 1.40. The molecule has 1 saturated carbocycles. The number of amides is 3. The van der Waals surface area contributed by atoms with Crippen molar-refractivity contribution in [2.24, 2.45) is 17.8 Å². The van der Waals surface area contributed by atoms with E-state index >= 15 is 0 Å². The number of fused-ring (bicyclic) bond motifs is 5. The molecule has 4 atom stereocenters. The second kappa shape index (κ2) is 3.70. The number of rotatable bonds is 1. The van der Waals surface area contributed by atoms with Gasteiger partial charge in [-0.05, 0) is 30.4 Å². The number of hydrogen-bond donors (Lipinski definition) is 1. The SMILES string of the molecule is O=C1N[C@@H]2[C@H](C(=O)N1c1ccccc1)[C@H]1C=C[C@@H]2C1. The number of imide groups is 1. The van der Waals surface area contributed by atoms with Gasteiger partial charge >= 0.3 is 6.03 Å². The van der Waals surface area contributed by atoms with Gasteiger partial charge in [0.15, 0.2) is 0 Å². The number of para-hydroxylation sites is 1. The molecule has 2 bridgehead atoms. The van der Waals surface area contributed by atoms with Crippen molar-refractivity contribution in [3.05, 3.63) is 42.5 Å². The molecule has 1 aromatic rings. The van der Waals surface area contributed by atoms with Gasteiger partial charge in [0.25, 0.3) is 0 Å². The molecule has 0 aromatic heterocycles. The van der Waals surface area contributed by atoms with Crippen LogP contribution in [0.3, 0.4) is 0 Å². The van der Waals surface area contributed by atoms with Crippen molar-refractivity contribution >= 4 is 17.6 Å². The van der Waals surface area contributed by atoms with Gasteiger partial charge < -0.3 is 5.32 Å². The minimum absolute atomic E-state index is 0.00466. The van der Waals surface area contributed by atoms with E-state index in [-0.39, 0.29) is 29.8 Å². The Morgan fingerprint density at radius 1 is 1.05 bits per heavy atom. The van der Waals surface area contributed by atoms with E-state index in [2.05, 4.69) is 17.5 Å². The molecule has 96 valence electrons. The van der Waals surface area contributed by atoms with Crippen LogP contribution in [0.25, 0.3) is 0 Å². The zero-order valence-corrected chi connectivity index (χ0v) is 10.3. The largest absolute Gasteiger partial charge is 0.333 e. The van der Waals surface area contributed by atoms with Crippen LogP contribution in [0.2, 0.25) is 0 Å². The van der Waals surface area contributed by atoms with Crippen LogP contribution >= 0.6 is 0 Å². The number of carbonyl (C=O) groups excluding carboxylic acids is 2. The average Bonchev–Trinajstić information content (AvgIpc) is 3.01. The van der Waals surface area contributed by atoms with Crippen LogP contribution in [-0.2, 0) is 4.79 Å². The number of benzene rings is 1. The molecular formula is C15H14N2O2. The number of nitrogens with one attached hydrogen (secondary N) is 1. The minimum Gasteiger partial charge on any atom is -0.333 e. The van der Waals surface area contributed by atoms with E-state index in [0.29, 0.717) is 11.6 Å². The monoisotopic (exact) mass is 254 g/mol. The lowest BCUT2D eigenvalue weighted by molar-refractivity contribution is -0.123. The van der Waals surface area contributed by atoms with Crippen molar-refractivity contribution in [2.75, 3.05) is 4.90 Å². The third-order valence-electron chi connectivity index (χ3n) is 4.47. The summed E-state index contributed by atoms with van der Waals surface area (Å²) in [6.45, 7) is 0. The number of carbonyl (C=O) groups is 2. The lowest BCUT2D eigenvalue weighted by atomic mass is 9.86. The Balaban J connectivity index is 1.73. The summed E-state index contributed by atoms with van der Waals surface area (Å²) in [6, 6.07) is 8.83. The maximum absolute atomic E-state index is 12.6. The van der Waals surface area contributed by atoms with Gasteiger partial charge in [0.05, 0.1) is 11.6 Å². The first kappa shape index (κ1) is 10.8. The molecule has 1 heterocycles. The molecule has 4 nitrogen and oxygen atoms in total. The maximum Gasteiger partial charge on any atom is 0.329 e. The predicted molar refractivity (Wildman–Crippen MR) is 70.5 cm³/mol. The summed E-state index contributed by atoms with van der Waals surface area (Å²) in [5.41, 5.74) is 0.648. The summed E-state index contributed by atoms with van der Waals surface area (Å²) in [5.74, 6) is 0.472. The summed E-state index contributed by atoms with van der Waals surface area (Å²) >= 11 is 0. The standard InChI is InChI=1S/C15H14N2O2/c18-14-12-9-6-7-10(8-9)13(12)16-15(19)17(14)11-4-2-1-3-5-11/h1-7,9-10,12-13H,8H2,(H,16,19)/t9-,10+,12+,13-/m0/s1. The molecule has 1 N–H and O–H groups in total. The van der Waals surface area contributed by atoms with E-state index in [1.165, 1.54) is 4.90 Å². The molecule has 0 spiro atoms. The lowest BCUT2D eigenvalue weighted by Crippen LogP contribution is -2.61. The van der Waals surface area contributed by atoms with Crippen molar-refractivity contribution in [1.29, 1.82) is 0 Å². The molecule has 3 aliphatic rings. The zero-order valence-electron chi connectivity index (χ0n) is 10.3. The van der Waals surface area contributed by atoms with Gasteiger partial charge in [-0.2, -0.15) is 0 Å². The number of anilines is 1. The highest BCUT2D eigenvalue weighted by molar-refractivity contribution is 6.17. The topological polar surface area (TPSA) is 49.4 Å². The van der Waals surface area contributed by atoms with Crippen molar-refractivity contribution in [3.8, 4) is 0 Å². The van der Waals surface area contributed by atoms with Crippen LogP contribution in [0, 0.1) is 17.8 Å². The fraction of sp³-hybridized carbons (Fsp3) is 0.333. The second-order valence-corrected chi connectivity index (χ2v) is 5.46. The Morgan fingerprint density at radius 2 is 1.79 bits per heavy atom. The maximum atomic E-state index is 12.6. The van der Waals surface area contributed by atoms with Gasteiger partial charge in [-0.15, -0.1) is 0 Å². The molecule has 2 aliphatic carbocycles. The first-order chi connectivity index (χ1) is 9.25. The van der Waals surface area contributed by atoms with Gasteiger partial charge in [-0.1, -0.05) is 30.4 Å². The van der Waals surface area contributed by atoms with Gasteiger partial charge in [0.1, 0.15) is 0 Å². The van der Waals surface area contributed by atoms with Crippen molar-refractivity contribution in [2.45, 2.75) is 12.5 Å². The van der Waals surface area contributed by atoms with E-state index in [0.717, 1.165) is 6.42 Å². The lowest BCUT2D eigenvalue weighted by Gasteiger charge is -2.37. The highest BCUT2D eigenvalue weighted by atomic mass is 16.2. The smallest absolute Gasteiger partial charge is 0.329 e. The van der Waals surface area contributed by atoms with E-state index in [1.807, 2.05) is 18.2 Å². The first-order valence-corrected chi connectivity index (χ1v) is 6.63.